The number of cyclic esters (lactones) is 1. The van der Waals surface area contributed by atoms with Crippen LogP contribution in [0, 0.1) is 23.1 Å². The van der Waals surface area contributed by atoms with Gasteiger partial charge >= 0.3 is 5.97 Å². The van der Waals surface area contributed by atoms with Gasteiger partial charge in [0.2, 0.25) is 5.90 Å². The van der Waals surface area contributed by atoms with Crippen LogP contribution in [0.1, 0.15) is 16.7 Å². The van der Waals surface area contributed by atoms with Crippen molar-refractivity contribution in [2.45, 2.75) is 6.61 Å². The number of nitrogens with zero attached hydrogens (tertiary/aromatic N) is 2. The van der Waals surface area contributed by atoms with Crippen molar-refractivity contribution in [1.82, 2.24) is 0 Å². The maximum atomic E-state index is 14.0. The molecule has 4 rings (SSSR count). The third kappa shape index (κ3) is 5.38. The highest BCUT2D eigenvalue weighted by Gasteiger charge is 2.26. The fourth-order valence-corrected chi connectivity index (χ4v) is 5.11. The number of halogens is 3. The van der Waals surface area contributed by atoms with Gasteiger partial charge in [0.15, 0.2) is 5.70 Å². The van der Waals surface area contributed by atoms with E-state index in [2.05, 4.69) is 50.2 Å². The molecular weight excluding hydrogens is 657 g/mol. The summed E-state index contributed by atoms with van der Waals surface area (Å²) in [6.07, 6.45) is 1.57. The van der Waals surface area contributed by atoms with Gasteiger partial charge < -0.3 is 9.47 Å². The first-order valence-corrected chi connectivity index (χ1v) is 11.6. The molecule has 0 saturated heterocycles. The van der Waals surface area contributed by atoms with Crippen LogP contribution >= 0.6 is 45.2 Å². The number of non-ortho nitro benzene ring substituents is 1. The number of hydrogen-bond donors (Lipinski definition) is 0. The summed E-state index contributed by atoms with van der Waals surface area (Å²) in [5.74, 6) is -0.598. The Hall–Kier alpha value is -2.87. The Balaban J connectivity index is 1.53. The van der Waals surface area contributed by atoms with E-state index in [1.54, 1.807) is 30.3 Å². The Morgan fingerprint density at radius 3 is 2.39 bits per heavy atom. The molecule has 3 aromatic rings. The second-order valence-electron chi connectivity index (χ2n) is 6.84. The molecule has 0 aliphatic carbocycles. The summed E-state index contributed by atoms with van der Waals surface area (Å²) < 4.78 is 26.7. The lowest BCUT2D eigenvalue weighted by Crippen LogP contribution is -2.07. The number of nitro groups is 1. The van der Waals surface area contributed by atoms with Gasteiger partial charge in [0.1, 0.15) is 18.2 Å². The SMILES string of the molecule is O=C1OC(c2ccccc2F)=N/C1=C\c1cc(I)c(OCc2ccc([N+](=O)[O-])cc2)c(I)c1. The van der Waals surface area contributed by atoms with Crippen molar-refractivity contribution in [3.8, 4) is 5.75 Å². The van der Waals surface area contributed by atoms with Gasteiger partial charge in [0.25, 0.3) is 5.69 Å². The molecule has 33 heavy (non-hydrogen) atoms. The molecule has 1 aliphatic rings. The molecule has 0 fully saturated rings. The third-order valence-electron chi connectivity index (χ3n) is 4.58. The lowest BCUT2D eigenvalue weighted by molar-refractivity contribution is -0.384. The van der Waals surface area contributed by atoms with E-state index in [-0.39, 0.29) is 29.5 Å². The summed E-state index contributed by atoms with van der Waals surface area (Å²) >= 11 is 4.26. The first kappa shape index (κ1) is 23.3. The molecule has 166 valence electrons. The Bertz CT molecular complexity index is 1300. The van der Waals surface area contributed by atoms with Gasteiger partial charge in [0, 0.05) is 12.1 Å². The molecule has 0 aromatic heterocycles. The minimum absolute atomic E-state index is 0.0200. The van der Waals surface area contributed by atoms with E-state index in [0.717, 1.165) is 12.7 Å². The monoisotopic (exact) mass is 670 g/mol. The lowest BCUT2D eigenvalue weighted by atomic mass is 10.2. The Kier molecular flexibility index (Phi) is 7.02. The molecule has 0 unspecified atom stereocenters. The van der Waals surface area contributed by atoms with Gasteiger partial charge in [-0.05, 0) is 98.8 Å². The second-order valence-corrected chi connectivity index (χ2v) is 9.17. The average Bonchev–Trinajstić information content (AvgIpc) is 3.13. The van der Waals surface area contributed by atoms with Crippen LogP contribution in [0.2, 0.25) is 0 Å². The van der Waals surface area contributed by atoms with Crippen LogP contribution in [-0.4, -0.2) is 16.8 Å². The lowest BCUT2D eigenvalue weighted by Gasteiger charge is -2.11. The quantitative estimate of drug-likeness (QED) is 0.108. The van der Waals surface area contributed by atoms with E-state index in [9.17, 15) is 19.3 Å². The Morgan fingerprint density at radius 1 is 1.09 bits per heavy atom. The highest BCUT2D eigenvalue weighted by Crippen LogP contribution is 2.31. The minimum Gasteiger partial charge on any atom is -0.487 e. The number of rotatable bonds is 6. The van der Waals surface area contributed by atoms with Crippen molar-refractivity contribution in [1.29, 1.82) is 0 Å². The van der Waals surface area contributed by atoms with Crippen LogP contribution in [0.4, 0.5) is 10.1 Å². The number of esters is 1. The zero-order valence-electron chi connectivity index (χ0n) is 16.6. The fraction of sp³-hybridized carbons (Fsp3) is 0.0435. The summed E-state index contributed by atoms with van der Waals surface area (Å²) in [7, 11) is 0. The zero-order valence-corrected chi connectivity index (χ0v) is 20.9. The number of nitro benzene ring substituents is 1. The molecule has 0 bridgehead atoms. The molecule has 0 atom stereocenters. The second kappa shape index (κ2) is 9.95. The van der Waals surface area contributed by atoms with Crippen LogP contribution in [-0.2, 0) is 16.1 Å². The van der Waals surface area contributed by atoms with Crippen LogP contribution in [0.15, 0.2) is 71.4 Å². The molecule has 3 aromatic carbocycles. The van der Waals surface area contributed by atoms with Gasteiger partial charge in [-0.2, -0.15) is 0 Å². The van der Waals surface area contributed by atoms with E-state index >= 15 is 0 Å². The van der Waals surface area contributed by atoms with Gasteiger partial charge in [-0.15, -0.1) is 0 Å². The third-order valence-corrected chi connectivity index (χ3v) is 6.18. The van der Waals surface area contributed by atoms with Crippen molar-refractivity contribution in [3.05, 3.63) is 106 Å². The number of ether oxygens (including phenoxy) is 2. The van der Waals surface area contributed by atoms with Crippen molar-refractivity contribution in [2.75, 3.05) is 0 Å². The molecule has 7 nitrogen and oxygen atoms in total. The van der Waals surface area contributed by atoms with Crippen LogP contribution in [0.25, 0.3) is 6.08 Å². The van der Waals surface area contributed by atoms with E-state index in [0.29, 0.717) is 11.3 Å². The first-order chi connectivity index (χ1) is 15.8. The maximum absolute atomic E-state index is 14.0. The predicted molar refractivity (Wildman–Crippen MR) is 136 cm³/mol. The molecule has 0 radical (unpaired) electrons. The largest absolute Gasteiger partial charge is 0.487 e. The number of hydrogen-bond acceptors (Lipinski definition) is 6. The van der Waals surface area contributed by atoms with Crippen LogP contribution < -0.4 is 4.74 Å². The number of aliphatic imine (C=N–C) groups is 1. The predicted octanol–water partition coefficient (Wildman–Crippen LogP) is 5.87. The maximum Gasteiger partial charge on any atom is 0.363 e. The van der Waals surface area contributed by atoms with E-state index in [1.807, 2.05) is 12.1 Å². The summed E-state index contributed by atoms with van der Waals surface area (Å²) in [4.78, 5) is 26.7. The van der Waals surface area contributed by atoms with E-state index < -0.39 is 16.7 Å². The topological polar surface area (TPSA) is 91.0 Å². The summed E-state index contributed by atoms with van der Waals surface area (Å²) in [5.41, 5.74) is 1.71. The Labute approximate surface area is 214 Å². The molecule has 0 N–H and O–H groups in total. The first-order valence-electron chi connectivity index (χ1n) is 9.44. The summed E-state index contributed by atoms with van der Waals surface area (Å²) in [6.45, 7) is 0.243. The normalized spacial score (nSPS) is 14.2. The molecule has 0 saturated carbocycles. The van der Waals surface area contributed by atoms with Crippen LogP contribution in [0.3, 0.4) is 0 Å². The molecule has 1 heterocycles. The highest BCUT2D eigenvalue weighted by molar-refractivity contribution is 14.1. The van der Waals surface area contributed by atoms with Crippen molar-refractivity contribution >= 4 is 68.8 Å². The molecule has 1 aliphatic heterocycles. The average molecular weight is 670 g/mol. The zero-order chi connectivity index (χ0) is 23.5. The summed E-state index contributed by atoms with van der Waals surface area (Å²) in [5, 5.41) is 10.8. The van der Waals surface area contributed by atoms with Crippen molar-refractivity contribution in [2.24, 2.45) is 4.99 Å². The molecular formula is C23H13FI2N2O5. The van der Waals surface area contributed by atoms with Crippen molar-refractivity contribution < 1.29 is 23.6 Å². The summed E-state index contributed by atoms with van der Waals surface area (Å²) in [6, 6.07) is 15.7. The van der Waals surface area contributed by atoms with Gasteiger partial charge in [-0.25, -0.2) is 14.2 Å². The van der Waals surface area contributed by atoms with Gasteiger partial charge in [-0.3, -0.25) is 10.1 Å². The highest BCUT2D eigenvalue weighted by atomic mass is 127. The fourth-order valence-electron chi connectivity index (χ4n) is 2.99. The number of carbonyl (C=O) groups is 1. The molecule has 0 spiro atoms. The number of benzene rings is 3. The molecule has 10 heteroatoms. The van der Waals surface area contributed by atoms with Crippen molar-refractivity contribution in [3.63, 3.8) is 0 Å². The standard InChI is InChI=1S/C23H13FI2N2O5/c24-17-4-2-1-3-16(17)22-27-20(23(29)33-22)11-14-9-18(25)21(19(26)10-14)32-12-13-5-7-15(8-6-13)28(30)31/h1-11H,12H2/b20-11-. The number of carbonyl (C=O) groups excluding carboxylic acids is 1. The molecule has 0 amide bonds. The minimum atomic E-state index is -0.656. The van der Waals surface area contributed by atoms with E-state index in [4.69, 9.17) is 9.47 Å². The van der Waals surface area contributed by atoms with Crippen LogP contribution in [0.5, 0.6) is 5.75 Å². The van der Waals surface area contributed by atoms with Gasteiger partial charge in [-0.1, -0.05) is 12.1 Å². The smallest absolute Gasteiger partial charge is 0.363 e. The Morgan fingerprint density at radius 2 is 1.76 bits per heavy atom. The van der Waals surface area contributed by atoms with E-state index in [1.165, 1.54) is 24.3 Å². The van der Waals surface area contributed by atoms with Gasteiger partial charge in [0.05, 0.1) is 17.6 Å².